The predicted octanol–water partition coefficient (Wildman–Crippen LogP) is 4.06. The first-order valence-corrected chi connectivity index (χ1v) is 7.26. The van der Waals surface area contributed by atoms with Crippen LogP contribution in [-0.4, -0.2) is 18.8 Å². The molecule has 2 nitrogen and oxygen atoms in total. The smallest absolute Gasteiger partial charge is 0.140 e. The van der Waals surface area contributed by atoms with E-state index in [1.54, 1.807) is 12.1 Å². The van der Waals surface area contributed by atoms with E-state index in [0.29, 0.717) is 31.6 Å². The summed E-state index contributed by atoms with van der Waals surface area (Å²) < 4.78 is 27.1. The van der Waals surface area contributed by atoms with Crippen molar-refractivity contribution in [3.05, 3.63) is 47.5 Å². The molecule has 0 saturated heterocycles. The van der Waals surface area contributed by atoms with Crippen molar-refractivity contribution in [3.8, 4) is 0 Å². The van der Waals surface area contributed by atoms with Gasteiger partial charge in [0.1, 0.15) is 11.6 Å². The summed E-state index contributed by atoms with van der Waals surface area (Å²) in [6, 6.07) is 6.26. The third-order valence-corrected chi connectivity index (χ3v) is 3.36. The van der Waals surface area contributed by atoms with Gasteiger partial charge in [0, 0.05) is 18.5 Å². The Bertz CT molecular complexity index is 502. The summed E-state index contributed by atoms with van der Waals surface area (Å²) in [5.41, 5.74) is 6.62. The Morgan fingerprint density at radius 3 is 2.43 bits per heavy atom. The van der Waals surface area contributed by atoms with E-state index >= 15 is 0 Å². The van der Waals surface area contributed by atoms with Crippen LogP contribution in [0.3, 0.4) is 0 Å². The summed E-state index contributed by atoms with van der Waals surface area (Å²) >= 11 is 0. The average molecular weight is 294 g/mol. The van der Waals surface area contributed by atoms with E-state index in [-0.39, 0.29) is 11.6 Å². The van der Waals surface area contributed by atoms with E-state index in [1.807, 2.05) is 20.8 Å². The van der Waals surface area contributed by atoms with E-state index in [1.165, 1.54) is 18.2 Å². The molecule has 4 heteroatoms. The maximum absolute atomic E-state index is 14.3. The molecular weight excluding hydrogens is 270 g/mol. The Kier molecular flexibility index (Phi) is 6.69. The highest BCUT2D eigenvalue weighted by Crippen LogP contribution is 2.23. The second-order valence-corrected chi connectivity index (χ2v) is 5.63. The van der Waals surface area contributed by atoms with Crippen molar-refractivity contribution in [3.63, 3.8) is 0 Å². The Morgan fingerprint density at radius 1 is 1.29 bits per heavy atom. The standard InChI is InChI=1S/C17H24F2N2/c1-4-21-16(17(2,3)12-20)15(19)7-5-6-13-8-10-14(18)11-9-13/h7-11H,4-6,12,20H2,1-3H3/b15-7+,21-16?. The Hall–Kier alpha value is -1.55. The van der Waals surface area contributed by atoms with Crippen molar-refractivity contribution < 1.29 is 8.78 Å². The van der Waals surface area contributed by atoms with Gasteiger partial charge in [-0.15, -0.1) is 0 Å². The van der Waals surface area contributed by atoms with E-state index in [9.17, 15) is 8.78 Å². The normalized spacial score (nSPS) is 13.6. The maximum Gasteiger partial charge on any atom is 0.140 e. The lowest BCUT2D eigenvalue weighted by molar-refractivity contribution is 0.516. The molecule has 0 aliphatic carbocycles. The molecule has 0 radical (unpaired) electrons. The fraction of sp³-hybridized carbons (Fsp3) is 0.471. The van der Waals surface area contributed by atoms with Gasteiger partial charge >= 0.3 is 0 Å². The molecule has 1 aromatic rings. The number of aliphatic imine (C=N–C) groups is 1. The number of aryl methyl sites for hydroxylation is 1. The van der Waals surface area contributed by atoms with Gasteiger partial charge in [-0.3, -0.25) is 4.99 Å². The van der Waals surface area contributed by atoms with Gasteiger partial charge in [0.25, 0.3) is 0 Å². The van der Waals surface area contributed by atoms with Crippen LogP contribution in [0.25, 0.3) is 0 Å². The van der Waals surface area contributed by atoms with Crippen molar-refractivity contribution in [2.45, 2.75) is 33.6 Å². The quantitative estimate of drug-likeness (QED) is 0.757. The molecule has 2 N–H and O–H groups in total. The second kappa shape index (κ2) is 8.03. The van der Waals surface area contributed by atoms with Gasteiger partial charge < -0.3 is 5.73 Å². The average Bonchev–Trinajstić information content (AvgIpc) is 2.46. The molecule has 0 aliphatic heterocycles. The Balaban J connectivity index is 2.73. The number of benzene rings is 1. The topological polar surface area (TPSA) is 38.4 Å². The van der Waals surface area contributed by atoms with Gasteiger partial charge in [0.15, 0.2) is 0 Å². The molecule has 0 amide bonds. The molecule has 1 aromatic carbocycles. The summed E-state index contributed by atoms with van der Waals surface area (Å²) in [5, 5.41) is 0. The summed E-state index contributed by atoms with van der Waals surface area (Å²) in [4.78, 5) is 4.25. The fourth-order valence-corrected chi connectivity index (χ4v) is 1.98. The zero-order chi connectivity index (χ0) is 15.9. The minimum atomic E-state index is -0.480. The molecule has 0 atom stereocenters. The molecule has 116 valence electrons. The number of hydrogen-bond acceptors (Lipinski definition) is 2. The summed E-state index contributed by atoms with van der Waals surface area (Å²) in [6.07, 6.45) is 2.74. The van der Waals surface area contributed by atoms with Crippen LogP contribution in [-0.2, 0) is 6.42 Å². The molecule has 0 fully saturated rings. The number of rotatable bonds is 7. The van der Waals surface area contributed by atoms with E-state index < -0.39 is 5.41 Å². The molecule has 1 rings (SSSR count). The number of nitrogens with zero attached hydrogens (tertiary/aromatic N) is 1. The number of hydrogen-bond donors (Lipinski definition) is 1. The van der Waals surface area contributed by atoms with Gasteiger partial charge in [-0.25, -0.2) is 8.78 Å². The third-order valence-electron chi connectivity index (χ3n) is 3.36. The summed E-state index contributed by atoms with van der Waals surface area (Å²) in [5.74, 6) is -0.572. The zero-order valence-electron chi connectivity index (χ0n) is 13.0. The largest absolute Gasteiger partial charge is 0.330 e. The van der Waals surface area contributed by atoms with Crippen LogP contribution in [0.5, 0.6) is 0 Å². The SMILES string of the molecule is CCN=C(/C(F)=C\CCc1ccc(F)cc1)C(C)(C)CN. The van der Waals surface area contributed by atoms with E-state index in [2.05, 4.69) is 4.99 Å². The Morgan fingerprint density at radius 2 is 1.90 bits per heavy atom. The van der Waals surface area contributed by atoms with E-state index in [0.717, 1.165) is 5.56 Å². The molecule has 0 unspecified atom stereocenters. The highest BCUT2D eigenvalue weighted by Gasteiger charge is 2.26. The van der Waals surface area contributed by atoms with Gasteiger partial charge in [-0.1, -0.05) is 26.0 Å². The summed E-state index contributed by atoms with van der Waals surface area (Å²) in [7, 11) is 0. The Labute approximate surface area is 125 Å². The molecule has 21 heavy (non-hydrogen) atoms. The third kappa shape index (κ3) is 5.38. The van der Waals surface area contributed by atoms with Gasteiger partial charge in [0.05, 0.1) is 5.71 Å². The zero-order valence-corrected chi connectivity index (χ0v) is 13.0. The molecule has 0 aromatic heterocycles. The van der Waals surface area contributed by atoms with Crippen LogP contribution >= 0.6 is 0 Å². The maximum atomic E-state index is 14.3. The molecule has 0 spiro atoms. The van der Waals surface area contributed by atoms with Crippen LogP contribution in [0.1, 0.15) is 32.8 Å². The van der Waals surface area contributed by atoms with Gasteiger partial charge in [-0.05, 0) is 43.5 Å². The first kappa shape index (κ1) is 17.5. The predicted molar refractivity (Wildman–Crippen MR) is 84.7 cm³/mol. The molecule has 0 aliphatic rings. The molecule has 0 heterocycles. The first-order valence-electron chi connectivity index (χ1n) is 7.26. The number of nitrogens with two attached hydrogens (primary N) is 1. The highest BCUT2D eigenvalue weighted by atomic mass is 19.1. The lowest BCUT2D eigenvalue weighted by Gasteiger charge is -2.24. The van der Waals surface area contributed by atoms with Crippen molar-refractivity contribution in [1.82, 2.24) is 0 Å². The minimum Gasteiger partial charge on any atom is -0.330 e. The first-order chi connectivity index (χ1) is 9.90. The second-order valence-electron chi connectivity index (χ2n) is 5.63. The van der Waals surface area contributed by atoms with Crippen molar-refractivity contribution in [2.75, 3.05) is 13.1 Å². The molecular formula is C17H24F2N2. The van der Waals surface area contributed by atoms with E-state index in [4.69, 9.17) is 5.73 Å². The van der Waals surface area contributed by atoms with Crippen molar-refractivity contribution in [2.24, 2.45) is 16.1 Å². The molecule has 0 bridgehead atoms. The number of halogens is 2. The lowest BCUT2D eigenvalue weighted by Crippen LogP contribution is -2.33. The van der Waals surface area contributed by atoms with Crippen LogP contribution < -0.4 is 5.73 Å². The minimum absolute atomic E-state index is 0.262. The van der Waals surface area contributed by atoms with Crippen LogP contribution in [0, 0.1) is 11.2 Å². The summed E-state index contributed by atoms with van der Waals surface area (Å²) in [6.45, 7) is 6.51. The van der Waals surface area contributed by atoms with Crippen LogP contribution in [0.4, 0.5) is 8.78 Å². The van der Waals surface area contributed by atoms with Crippen LogP contribution in [0.2, 0.25) is 0 Å². The lowest BCUT2D eigenvalue weighted by atomic mass is 9.86. The molecule has 0 saturated carbocycles. The van der Waals surface area contributed by atoms with Gasteiger partial charge in [0.2, 0.25) is 0 Å². The van der Waals surface area contributed by atoms with Gasteiger partial charge in [-0.2, -0.15) is 0 Å². The fourth-order valence-electron chi connectivity index (χ4n) is 1.98. The monoisotopic (exact) mass is 294 g/mol. The van der Waals surface area contributed by atoms with Crippen molar-refractivity contribution in [1.29, 1.82) is 0 Å². The van der Waals surface area contributed by atoms with Crippen molar-refractivity contribution >= 4 is 5.71 Å². The van der Waals surface area contributed by atoms with Crippen LogP contribution in [0.15, 0.2) is 41.2 Å². The number of allylic oxidation sites excluding steroid dienone is 2. The highest BCUT2D eigenvalue weighted by molar-refractivity contribution is 6.02.